The third-order valence-corrected chi connectivity index (χ3v) is 7.35. The van der Waals surface area contributed by atoms with Crippen LogP contribution in [0.15, 0.2) is 30.3 Å². The molecule has 7 heteroatoms. The van der Waals surface area contributed by atoms with E-state index in [9.17, 15) is 5.11 Å². The van der Waals surface area contributed by atoms with E-state index < -0.39 is 0 Å². The van der Waals surface area contributed by atoms with Gasteiger partial charge in [0, 0.05) is 55.1 Å². The number of nitrogens with one attached hydrogen (secondary N) is 3. The topological polar surface area (TPSA) is 80.0 Å². The fourth-order valence-corrected chi connectivity index (χ4v) is 5.66. The highest BCUT2D eigenvalue weighted by atomic mass is 32.1. The van der Waals surface area contributed by atoms with Crippen molar-refractivity contribution in [1.29, 1.82) is 0 Å². The maximum Gasteiger partial charge on any atom is 0.126 e. The number of fused-ring (bicyclic) bond motifs is 2. The van der Waals surface area contributed by atoms with Crippen molar-refractivity contribution in [2.45, 2.75) is 32.2 Å². The van der Waals surface area contributed by atoms with Gasteiger partial charge in [-0.3, -0.25) is 10.00 Å². The fourth-order valence-electron chi connectivity index (χ4n) is 4.51. The Morgan fingerprint density at radius 1 is 1.17 bits per heavy atom. The van der Waals surface area contributed by atoms with Crippen molar-refractivity contribution < 1.29 is 5.11 Å². The Hall–Kier alpha value is -2.19. The molecule has 4 N–H and O–H groups in total. The monoisotopic (exact) mass is 423 g/mol. The number of piperazine rings is 1. The van der Waals surface area contributed by atoms with Gasteiger partial charge in [-0.25, -0.2) is 0 Å². The highest BCUT2D eigenvalue weighted by Crippen LogP contribution is 2.35. The van der Waals surface area contributed by atoms with Gasteiger partial charge in [-0.2, -0.15) is 5.10 Å². The summed E-state index contributed by atoms with van der Waals surface area (Å²) in [5, 5.41) is 21.8. The molecule has 1 aromatic carbocycles. The lowest BCUT2D eigenvalue weighted by Crippen LogP contribution is -2.42. The lowest BCUT2D eigenvalue weighted by molar-refractivity contribution is 0.235. The molecule has 0 aliphatic carbocycles. The quantitative estimate of drug-likeness (QED) is 0.361. The maximum atomic E-state index is 9.35. The molecule has 1 unspecified atom stereocenters. The van der Waals surface area contributed by atoms with Gasteiger partial charge in [0.15, 0.2) is 0 Å². The minimum atomic E-state index is 0.229. The SMILES string of the molecule is CCC(CCO)c1ccc2cc(-c3n[nH]c4cc(CN5CCNCC5)sc34)[nH]c2c1. The lowest BCUT2D eigenvalue weighted by Gasteiger charge is -2.26. The normalized spacial score (nSPS) is 16.6. The molecule has 6 nitrogen and oxygen atoms in total. The molecular weight excluding hydrogens is 394 g/mol. The number of thiophene rings is 1. The molecule has 0 saturated carbocycles. The second-order valence-electron chi connectivity index (χ2n) is 8.20. The number of aromatic nitrogens is 3. The Kier molecular flexibility index (Phi) is 5.60. The van der Waals surface area contributed by atoms with E-state index in [-0.39, 0.29) is 6.61 Å². The largest absolute Gasteiger partial charge is 0.396 e. The van der Waals surface area contributed by atoms with E-state index >= 15 is 0 Å². The van der Waals surface area contributed by atoms with Crippen LogP contribution in [0.2, 0.25) is 0 Å². The van der Waals surface area contributed by atoms with Gasteiger partial charge >= 0.3 is 0 Å². The Labute approximate surface area is 180 Å². The first-order chi connectivity index (χ1) is 14.7. The Morgan fingerprint density at radius 2 is 2.03 bits per heavy atom. The van der Waals surface area contributed by atoms with E-state index in [0.29, 0.717) is 5.92 Å². The first kappa shape index (κ1) is 19.8. The van der Waals surface area contributed by atoms with Crippen LogP contribution in [0, 0.1) is 0 Å². The molecule has 1 aliphatic rings. The summed E-state index contributed by atoms with van der Waals surface area (Å²) in [4.78, 5) is 7.48. The predicted octanol–water partition coefficient (Wildman–Crippen LogP) is 4.05. The number of aromatic amines is 2. The van der Waals surface area contributed by atoms with Crippen molar-refractivity contribution in [3.63, 3.8) is 0 Å². The van der Waals surface area contributed by atoms with Gasteiger partial charge < -0.3 is 15.4 Å². The number of aliphatic hydroxyl groups excluding tert-OH is 1. The van der Waals surface area contributed by atoms with Crippen molar-refractivity contribution in [2.75, 3.05) is 32.8 Å². The van der Waals surface area contributed by atoms with Gasteiger partial charge in [0.1, 0.15) is 5.69 Å². The number of nitrogens with zero attached hydrogens (tertiary/aromatic N) is 2. The summed E-state index contributed by atoms with van der Waals surface area (Å²) >= 11 is 1.84. The van der Waals surface area contributed by atoms with Crippen LogP contribution in [-0.4, -0.2) is 58.0 Å². The number of hydrogen-bond acceptors (Lipinski definition) is 5. The van der Waals surface area contributed by atoms with E-state index in [0.717, 1.165) is 68.0 Å². The number of H-pyrrole nitrogens is 2. The maximum absolute atomic E-state index is 9.35. The van der Waals surface area contributed by atoms with Gasteiger partial charge in [-0.05, 0) is 42.5 Å². The highest BCUT2D eigenvalue weighted by Gasteiger charge is 2.17. The zero-order chi connectivity index (χ0) is 20.5. The van der Waals surface area contributed by atoms with Gasteiger partial charge in [0.25, 0.3) is 0 Å². The first-order valence-corrected chi connectivity index (χ1v) is 11.7. The van der Waals surface area contributed by atoms with Crippen molar-refractivity contribution in [1.82, 2.24) is 25.4 Å². The van der Waals surface area contributed by atoms with E-state index in [1.165, 1.54) is 20.5 Å². The fraction of sp³-hybridized carbons (Fsp3) is 0.435. The smallest absolute Gasteiger partial charge is 0.126 e. The molecule has 1 saturated heterocycles. The molecule has 1 aliphatic heterocycles. The van der Waals surface area contributed by atoms with E-state index in [1.54, 1.807) is 0 Å². The average Bonchev–Trinajstić information content (AvgIpc) is 3.45. The van der Waals surface area contributed by atoms with Crippen molar-refractivity contribution in [3.8, 4) is 11.4 Å². The van der Waals surface area contributed by atoms with Crippen LogP contribution in [0.3, 0.4) is 0 Å². The van der Waals surface area contributed by atoms with Crippen LogP contribution < -0.4 is 5.32 Å². The first-order valence-electron chi connectivity index (χ1n) is 10.9. The zero-order valence-corrected chi connectivity index (χ0v) is 18.2. The summed E-state index contributed by atoms with van der Waals surface area (Å²) in [7, 11) is 0. The van der Waals surface area contributed by atoms with Crippen LogP contribution in [0.4, 0.5) is 0 Å². The molecule has 4 heterocycles. The summed E-state index contributed by atoms with van der Waals surface area (Å²) in [6.07, 6.45) is 1.84. The molecule has 30 heavy (non-hydrogen) atoms. The van der Waals surface area contributed by atoms with Crippen molar-refractivity contribution >= 4 is 32.5 Å². The molecule has 4 aromatic rings. The zero-order valence-electron chi connectivity index (χ0n) is 17.4. The molecular formula is C23H29N5OS. The minimum Gasteiger partial charge on any atom is -0.396 e. The van der Waals surface area contributed by atoms with E-state index in [1.807, 2.05) is 11.3 Å². The second-order valence-corrected chi connectivity index (χ2v) is 9.34. The highest BCUT2D eigenvalue weighted by molar-refractivity contribution is 7.19. The average molecular weight is 424 g/mol. The van der Waals surface area contributed by atoms with Crippen LogP contribution in [0.5, 0.6) is 0 Å². The van der Waals surface area contributed by atoms with Crippen LogP contribution >= 0.6 is 11.3 Å². The van der Waals surface area contributed by atoms with Crippen molar-refractivity contribution in [2.24, 2.45) is 0 Å². The van der Waals surface area contributed by atoms with Gasteiger partial charge in [0.05, 0.1) is 15.9 Å². The van der Waals surface area contributed by atoms with Gasteiger partial charge in [-0.1, -0.05) is 19.1 Å². The number of rotatable bonds is 7. The Bertz CT molecular complexity index is 1140. The molecule has 0 bridgehead atoms. The summed E-state index contributed by atoms with van der Waals surface area (Å²) in [5.41, 5.74) is 5.59. The molecule has 0 spiro atoms. The standard InChI is InChI=1S/C23H29N5OS/c1-2-15(5-10-29)16-3-4-17-12-20(25-19(17)11-16)22-23-21(26-27-22)13-18(30-23)14-28-8-6-24-7-9-28/h3-4,11-13,15,24-25,29H,2,5-10,14H2,1H3,(H,26,27). The summed E-state index contributed by atoms with van der Waals surface area (Å²) in [6, 6.07) is 11.0. The summed E-state index contributed by atoms with van der Waals surface area (Å²) < 4.78 is 1.22. The third kappa shape index (κ3) is 3.78. The molecule has 1 fully saturated rings. The summed E-state index contributed by atoms with van der Waals surface area (Å²) in [5.74, 6) is 0.396. The molecule has 0 amide bonds. The third-order valence-electron chi connectivity index (χ3n) is 6.22. The molecule has 0 radical (unpaired) electrons. The minimum absolute atomic E-state index is 0.229. The van der Waals surface area contributed by atoms with E-state index in [4.69, 9.17) is 0 Å². The molecule has 1 atom stereocenters. The number of benzene rings is 1. The van der Waals surface area contributed by atoms with Crippen LogP contribution in [0.25, 0.3) is 32.5 Å². The molecule has 158 valence electrons. The lowest BCUT2D eigenvalue weighted by atomic mass is 9.93. The van der Waals surface area contributed by atoms with Crippen molar-refractivity contribution in [3.05, 3.63) is 40.8 Å². The number of aliphatic hydroxyl groups is 1. The van der Waals surface area contributed by atoms with Gasteiger partial charge in [-0.15, -0.1) is 11.3 Å². The van der Waals surface area contributed by atoms with E-state index in [2.05, 4.69) is 62.7 Å². The van der Waals surface area contributed by atoms with Gasteiger partial charge in [0.2, 0.25) is 0 Å². The second kappa shape index (κ2) is 8.51. The van der Waals surface area contributed by atoms with Crippen LogP contribution in [0.1, 0.15) is 36.1 Å². The number of hydrogen-bond donors (Lipinski definition) is 4. The molecule has 5 rings (SSSR count). The predicted molar refractivity (Wildman–Crippen MR) is 124 cm³/mol. The molecule has 3 aromatic heterocycles. The summed E-state index contributed by atoms with van der Waals surface area (Å²) in [6.45, 7) is 7.78. The van der Waals surface area contributed by atoms with Crippen LogP contribution in [-0.2, 0) is 6.54 Å². The Balaban J connectivity index is 1.44. The Morgan fingerprint density at radius 3 is 2.83 bits per heavy atom.